The first-order valence-electron chi connectivity index (χ1n) is 5.59. The Labute approximate surface area is 101 Å². The summed E-state index contributed by atoms with van der Waals surface area (Å²) in [7, 11) is 0. The van der Waals surface area contributed by atoms with Gasteiger partial charge >= 0.3 is 0 Å². The van der Waals surface area contributed by atoms with Crippen molar-refractivity contribution in [1.29, 1.82) is 0 Å². The molecule has 0 saturated heterocycles. The minimum atomic E-state index is -0.789. The average molecular weight is 288 g/mol. The summed E-state index contributed by atoms with van der Waals surface area (Å²) >= 11 is 3.14. The van der Waals surface area contributed by atoms with E-state index in [1.807, 2.05) is 0 Å². The van der Waals surface area contributed by atoms with E-state index in [0.717, 1.165) is 30.0 Å². The fourth-order valence-corrected chi connectivity index (χ4v) is 2.98. The lowest BCUT2D eigenvalue weighted by atomic mass is 9.95. The van der Waals surface area contributed by atoms with Crippen LogP contribution in [0.25, 0.3) is 0 Å². The Balaban J connectivity index is 1.99. The maximum Gasteiger partial charge on any atom is 0.175 e. The van der Waals surface area contributed by atoms with Crippen LogP contribution >= 0.6 is 15.9 Å². The van der Waals surface area contributed by atoms with E-state index in [2.05, 4.69) is 21.2 Å². The van der Waals surface area contributed by atoms with E-state index >= 15 is 0 Å². The molecule has 1 atom stereocenters. The monoisotopic (exact) mass is 287 g/mol. The van der Waals surface area contributed by atoms with Gasteiger partial charge in [0.25, 0.3) is 0 Å². The van der Waals surface area contributed by atoms with Gasteiger partial charge in [-0.05, 0) is 59.2 Å². The summed E-state index contributed by atoms with van der Waals surface area (Å²) in [5.41, 5.74) is 1.63. The van der Waals surface area contributed by atoms with Gasteiger partial charge in [0.1, 0.15) is 0 Å². The van der Waals surface area contributed by atoms with Crippen LogP contribution in [-0.4, -0.2) is 6.04 Å². The number of benzene rings is 1. The Hall–Kier alpha value is -0.640. The van der Waals surface area contributed by atoms with Gasteiger partial charge in [-0.15, -0.1) is 0 Å². The molecule has 1 heterocycles. The molecule has 1 aliphatic heterocycles. The molecule has 4 heteroatoms. The van der Waals surface area contributed by atoms with Gasteiger partial charge in [-0.25, -0.2) is 8.78 Å². The van der Waals surface area contributed by atoms with Crippen molar-refractivity contribution < 1.29 is 8.78 Å². The number of halogens is 3. The molecule has 1 aromatic rings. The maximum atomic E-state index is 13.4. The standard InChI is InChI=1S/C12H12BrF2N/c13-10-11(15)8(14)5-7-3-4-9(6-1-2-6)16-12(7)10/h5-6,9,16H,1-4H2. The first-order chi connectivity index (χ1) is 7.66. The molecule has 0 bridgehead atoms. The van der Waals surface area contributed by atoms with Crippen molar-refractivity contribution in [3.63, 3.8) is 0 Å². The van der Waals surface area contributed by atoms with Crippen molar-refractivity contribution in [2.24, 2.45) is 5.92 Å². The molecule has 0 aromatic heterocycles. The van der Waals surface area contributed by atoms with Crippen molar-refractivity contribution in [2.75, 3.05) is 5.32 Å². The largest absolute Gasteiger partial charge is 0.381 e. The first kappa shape index (κ1) is 10.5. The smallest absolute Gasteiger partial charge is 0.175 e. The van der Waals surface area contributed by atoms with E-state index < -0.39 is 11.6 Å². The normalized spacial score (nSPS) is 23.8. The van der Waals surface area contributed by atoms with Crippen molar-refractivity contribution in [2.45, 2.75) is 31.7 Å². The lowest BCUT2D eigenvalue weighted by molar-refractivity contribution is 0.497. The predicted molar refractivity (Wildman–Crippen MR) is 62.5 cm³/mol. The second-order valence-corrected chi connectivity index (χ2v) is 5.44. The molecule has 86 valence electrons. The van der Waals surface area contributed by atoms with Crippen LogP contribution in [-0.2, 0) is 6.42 Å². The third kappa shape index (κ3) is 1.63. The summed E-state index contributed by atoms with van der Waals surface area (Å²) in [6.07, 6.45) is 4.37. The predicted octanol–water partition coefficient (Wildman–Crippen LogP) is 3.86. The summed E-state index contributed by atoms with van der Waals surface area (Å²) in [6, 6.07) is 1.75. The third-order valence-corrected chi connectivity index (χ3v) is 4.23. The minimum Gasteiger partial charge on any atom is -0.381 e. The quantitative estimate of drug-likeness (QED) is 0.774. The summed E-state index contributed by atoms with van der Waals surface area (Å²) in [6.45, 7) is 0. The summed E-state index contributed by atoms with van der Waals surface area (Å²) in [5.74, 6) is -0.826. The summed E-state index contributed by atoms with van der Waals surface area (Å²) in [4.78, 5) is 0. The molecular formula is C12H12BrF2N. The fraction of sp³-hybridized carbons (Fsp3) is 0.500. The first-order valence-corrected chi connectivity index (χ1v) is 6.39. The number of hydrogen-bond acceptors (Lipinski definition) is 1. The SMILES string of the molecule is Fc1cc2c(c(Br)c1F)NC(C1CC1)CC2. The topological polar surface area (TPSA) is 12.0 Å². The molecule has 1 N–H and O–H groups in total. The Bertz CT molecular complexity index is 443. The van der Waals surface area contributed by atoms with Crippen LogP contribution in [0.15, 0.2) is 10.5 Å². The Kier molecular flexibility index (Phi) is 2.42. The molecular weight excluding hydrogens is 276 g/mol. The third-order valence-electron chi connectivity index (χ3n) is 3.49. The molecule has 16 heavy (non-hydrogen) atoms. The van der Waals surface area contributed by atoms with Gasteiger partial charge < -0.3 is 5.32 Å². The molecule has 1 aliphatic carbocycles. The van der Waals surface area contributed by atoms with Crippen LogP contribution in [0.5, 0.6) is 0 Å². The van der Waals surface area contributed by atoms with E-state index in [1.54, 1.807) is 0 Å². The average Bonchev–Trinajstić information content (AvgIpc) is 3.10. The second-order valence-electron chi connectivity index (χ2n) is 4.65. The van der Waals surface area contributed by atoms with Gasteiger partial charge in [-0.3, -0.25) is 0 Å². The number of anilines is 1. The van der Waals surface area contributed by atoms with E-state index in [1.165, 1.54) is 18.9 Å². The van der Waals surface area contributed by atoms with Crippen molar-refractivity contribution >= 4 is 21.6 Å². The van der Waals surface area contributed by atoms with Crippen molar-refractivity contribution in [3.8, 4) is 0 Å². The minimum absolute atomic E-state index is 0.243. The molecule has 1 saturated carbocycles. The van der Waals surface area contributed by atoms with E-state index in [9.17, 15) is 8.78 Å². The highest BCUT2D eigenvalue weighted by Crippen LogP contribution is 2.42. The molecule has 1 nitrogen and oxygen atoms in total. The second kappa shape index (κ2) is 3.69. The van der Waals surface area contributed by atoms with E-state index in [0.29, 0.717) is 6.04 Å². The molecule has 0 amide bonds. The zero-order chi connectivity index (χ0) is 11.3. The molecule has 1 unspecified atom stereocenters. The lowest BCUT2D eigenvalue weighted by Crippen LogP contribution is -2.28. The fourth-order valence-electron chi connectivity index (χ4n) is 2.42. The van der Waals surface area contributed by atoms with Gasteiger partial charge in [-0.2, -0.15) is 0 Å². The van der Waals surface area contributed by atoms with Gasteiger partial charge in [0.05, 0.1) is 10.2 Å². The number of nitrogens with one attached hydrogen (secondary N) is 1. The summed E-state index contributed by atoms with van der Waals surface area (Å²) in [5, 5.41) is 3.34. The highest BCUT2D eigenvalue weighted by atomic mass is 79.9. The van der Waals surface area contributed by atoms with Crippen LogP contribution in [0.2, 0.25) is 0 Å². The molecule has 1 fully saturated rings. The van der Waals surface area contributed by atoms with Gasteiger partial charge in [0.2, 0.25) is 0 Å². The molecule has 1 aromatic carbocycles. The number of hydrogen-bond donors (Lipinski definition) is 1. The Morgan fingerprint density at radius 2 is 2.00 bits per heavy atom. The van der Waals surface area contributed by atoms with E-state index in [4.69, 9.17) is 0 Å². The van der Waals surface area contributed by atoms with Gasteiger partial charge in [-0.1, -0.05) is 0 Å². The van der Waals surface area contributed by atoms with Crippen molar-refractivity contribution in [3.05, 3.63) is 27.7 Å². The zero-order valence-corrected chi connectivity index (χ0v) is 10.3. The van der Waals surface area contributed by atoms with Crippen LogP contribution < -0.4 is 5.32 Å². The van der Waals surface area contributed by atoms with Gasteiger partial charge in [0, 0.05) is 6.04 Å². The Morgan fingerprint density at radius 3 is 2.69 bits per heavy atom. The number of rotatable bonds is 1. The van der Waals surface area contributed by atoms with Crippen molar-refractivity contribution in [1.82, 2.24) is 0 Å². The van der Waals surface area contributed by atoms with Crippen LogP contribution in [0.4, 0.5) is 14.5 Å². The summed E-state index contributed by atoms with van der Waals surface area (Å²) < 4.78 is 26.8. The highest BCUT2D eigenvalue weighted by molar-refractivity contribution is 9.10. The molecule has 0 radical (unpaired) electrons. The van der Waals surface area contributed by atoms with Gasteiger partial charge in [0.15, 0.2) is 11.6 Å². The Morgan fingerprint density at radius 1 is 1.25 bits per heavy atom. The number of aryl methyl sites for hydroxylation is 1. The van der Waals surface area contributed by atoms with Crippen LogP contribution in [0, 0.1) is 17.6 Å². The molecule has 2 aliphatic rings. The molecule has 3 rings (SSSR count). The zero-order valence-electron chi connectivity index (χ0n) is 8.69. The molecule has 0 spiro atoms. The number of fused-ring (bicyclic) bond motifs is 1. The highest BCUT2D eigenvalue weighted by Gasteiger charge is 2.34. The van der Waals surface area contributed by atoms with E-state index in [-0.39, 0.29) is 4.47 Å². The van der Waals surface area contributed by atoms with Crippen LogP contribution in [0.3, 0.4) is 0 Å². The lowest BCUT2D eigenvalue weighted by Gasteiger charge is -2.28. The van der Waals surface area contributed by atoms with Crippen LogP contribution in [0.1, 0.15) is 24.8 Å². The maximum absolute atomic E-state index is 13.4.